The summed E-state index contributed by atoms with van der Waals surface area (Å²) < 4.78 is 1.41. The van der Waals surface area contributed by atoms with Gasteiger partial charge in [0.15, 0.2) is 0 Å². The van der Waals surface area contributed by atoms with Crippen molar-refractivity contribution in [3.63, 3.8) is 0 Å². The van der Waals surface area contributed by atoms with E-state index in [-0.39, 0.29) is 24.1 Å². The molecule has 0 unspecified atom stereocenters. The zero-order chi connectivity index (χ0) is 21.3. The van der Waals surface area contributed by atoms with Crippen LogP contribution in [0.4, 0.5) is 0 Å². The third kappa shape index (κ3) is 3.78. The highest BCUT2D eigenvalue weighted by Gasteiger charge is 2.20. The minimum atomic E-state index is -0.189. The standard InChI is InChI=1S/C24H23N3O2S/c1-16-9-11-19(12-10-16)20-14-30-23-22(20)24(29)27(15-25-23)13-21(28)26(3)17(2)18-7-5-4-6-8-18/h4-12,14-15,17H,13H2,1-3H3/t17-/m1/s1. The van der Waals surface area contributed by atoms with Gasteiger partial charge in [0.2, 0.25) is 5.91 Å². The van der Waals surface area contributed by atoms with Gasteiger partial charge >= 0.3 is 0 Å². The number of rotatable bonds is 5. The molecular weight excluding hydrogens is 394 g/mol. The van der Waals surface area contributed by atoms with Gasteiger partial charge in [0.1, 0.15) is 11.4 Å². The molecule has 0 aliphatic heterocycles. The van der Waals surface area contributed by atoms with E-state index in [0.29, 0.717) is 10.2 Å². The monoisotopic (exact) mass is 417 g/mol. The predicted molar refractivity (Wildman–Crippen MR) is 122 cm³/mol. The van der Waals surface area contributed by atoms with Gasteiger partial charge in [-0.05, 0) is 25.0 Å². The summed E-state index contributed by atoms with van der Waals surface area (Å²) >= 11 is 1.44. The van der Waals surface area contributed by atoms with Crippen molar-refractivity contribution < 1.29 is 4.79 Å². The minimum Gasteiger partial charge on any atom is -0.337 e. The number of nitrogens with zero attached hydrogens (tertiary/aromatic N) is 3. The Hall–Kier alpha value is -3.25. The highest BCUT2D eigenvalue weighted by molar-refractivity contribution is 7.17. The molecule has 0 saturated heterocycles. The molecule has 5 nitrogen and oxygen atoms in total. The number of hydrogen-bond acceptors (Lipinski definition) is 4. The maximum absolute atomic E-state index is 13.2. The van der Waals surface area contributed by atoms with Crippen LogP contribution in [0.15, 0.2) is 71.1 Å². The lowest BCUT2D eigenvalue weighted by molar-refractivity contribution is -0.132. The van der Waals surface area contributed by atoms with Crippen molar-refractivity contribution in [3.05, 3.63) is 87.8 Å². The SMILES string of the molecule is Cc1ccc(-c2csc3ncn(CC(=O)N(C)[C@H](C)c4ccccc4)c(=O)c23)cc1. The molecule has 0 aliphatic rings. The van der Waals surface area contributed by atoms with Crippen molar-refractivity contribution in [1.82, 2.24) is 14.5 Å². The predicted octanol–water partition coefficient (Wildman–Crippen LogP) is 4.65. The highest BCUT2D eigenvalue weighted by atomic mass is 32.1. The lowest BCUT2D eigenvalue weighted by atomic mass is 10.1. The van der Waals surface area contributed by atoms with Crippen molar-refractivity contribution in [1.29, 1.82) is 0 Å². The zero-order valence-electron chi connectivity index (χ0n) is 17.2. The summed E-state index contributed by atoms with van der Waals surface area (Å²) in [7, 11) is 1.76. The molecule has 0 N–H and O–H groups in total. The number of fused-ring (bicyclic) bond motifs is 1. The van der Waals surface area contributed by atoms with Crippen LogP contribution >= 0.6 is 11.3 Å². The van der Waals surface area contributed by atoms with Crippen LogP contribution in [-0.2, 0) is 11.3 Å². The average Bonchev–Trinajstić information content (AvgIpc) is 3.20. The molecule has 0 aliphatic carbocycles. The second kappa shape index (κ2) is 8.24. The van der Waals surface area contributed by atoms with Crippen LogP contribution in [0.1, 0.15) is 24.1 Å². The zero-order valence-corrected chi connectivity index (χ0v) is 18.0. The summed E-state index contributed by atoms with van der Waals surface area (Å²) in [5.74, 6) is -0.137. The number of aromatic nitrogens is 2. The number of thiophene rings is 1. The van der Waals surface area contributed by atoms with Gasteiger partial charge in [-0.2, -0.15) is 0 Å². The second-order valence-corrected chi connectivity index (χ2v) is 8.32. The molecule has 2 aromatic carbocycles. The molecule has 0 fully saturated rings. The maximum Gasteiger partial charge on any atom is 0.263 e. The fraction of sp³-hybridized carbons (Fsp3) is 0.208. The third-order valence-corrected chi connectivity index (χ3v) is 6.37. The van der Waals surface area contributed by atoms with E-state index in [1.807, 2.05) is 73.8 Å². The van der Waals surface area contributed by atoms with Gasteiger partial charge in [-0.1, -0.05) is 60.2 Å². The average molecular weight is 418 g/mol. The van der Waals surface area contributed by atoms with Gasteiger partial charge in [-0.3, -0.25) is 14.2 Å². The number of aryl methyl sites for hydroxylation is 1. The Morgan fingerprint density at radius 1 is 1.13 bits per heavy atom. The van der Waals surface area contributed by atoms with E-state index in [9.17, 15) is 9.59 Å². The molecule has 0 bridgehead atoms. The van der Waals surface area contributed by atoms with E-state index >= 15 is 0 Å². The molecule has 2 heterocycles. The first-order valence-corrected chi connectivity index (χ1v) is 10.7. The van der Waals surface area contributed by atoms with E-state index in [2.05, 4.69) is 4.98 Å². The Labute approximate surface area is 179 Å². The molecule has 4 aromatic rings. The van der Waals surface area contributed by atoms with Gasteiger partial charge in [0, 0.05) is 18.0 Å². The number of carbonyl (C=O) groups excluding carboxylic acids is 1. The molecule has 6 heteroatoms. The molecule has 0 spiro atoms. The van der Waals surface area contributed by atoms with Gasteiger partial charge in [0.25, 0.3) is 5.56 Å². The Kier molecular flexibility index (Phi) is 5.50. The number of amides is 1. The summed E-state index contributed by atoms with van der Waals surface area (Å²) in [4.78, 5) is 32.9. The van der Waals surface area contributed by atoms with Gasteiger partial charge in [-0.15, -0.1) is 11.3 Å². The largest absolute Gasteiger partial charge is 0.337 e. The Balaban J connectivity index is 1.64. The summed E-state index contributed by atoms with van der Waals surface area (Å²) in [5.41, 5.74) is 3.86. The van der Waals surface area contributed by atoms with E-state index in [1.54, 1.807) is 11.9 Å². The number of likely N-dealkylation sites (N-methyl/N-ethyl adjacent to an activating group) is 1. The lowest BCUT2D eigenvalue weighted by Crippen LogP contribution is -2.35. The van der Waals surface area contributed by atoms with Crippen molar-refractivity contribution in [2.24, 2.45) is 0 Å². The number of carbonyl (C=O) groups is 1. The van der Waals surface area contributed by atoms with Crippen molar-refractivity contribution in [2.45, 2.75) is 26.4 Å². The van der Waals surface area contributed by atoms with E-state index < -0.39 is 0 Å². The quantitative estimate of drug-likeness (QED) is 0.475. The van der Waals surface area contributed by atoms with Crippen LogP contribution < -0.4 is 5.56 Å². The van der Waals surface area contributed by atoms with Gasteiger partial charge < -0.3 is 4.90 Å². The van der Waals surface area contributed by atoms with Crippen LogP contribution in [0.25, 0.3) is 21.3 Å². The molecule has 0 radical (unpaired) electrons. The van der Waals surface area contributed by atoms with Crippen molar-refractivity contribution in [3.8, 4) is 11.1 Å². The van der Waals surface area contributed by atoms with E-state index in [0.717, 1.165) is 22.3 Å². The van der Waals surface area contributed by atoms with Crippen LogP contribution in [0.3, 0.4) is 0 Å². The van der Waals surface area contributed by atoms with E-state index in [4.69, 9.17) is 0 Å². The van der Waals surface area contributed by atoms with Crippen LogP contribution in [0.5, 0.6) is 0 Å². The van der Waals surface area contributed by atoms with Crippen LogP contribution in [-0.4, -0.2) is 27.4 Å². The molecule has 4 rings (SSSR count). The molecule has 2 aromatic heterocycles. The molecule has 0 saturated carbocycles. The van der Waals surface area contributed by atoms with Crippen molar-refractivity contribution >= 4 is 27.5 Å². The van der Waals surface area contributed by atoms with Crippen molar-refractivity contribution in [2.75, 3.05) is 7.05 Å². The normalized spacial score (nSPS) is 12.1. The third-order valence-electron chi connectivity index (χ3n) is 5.49. The topological polar surface area (TPSA) is 55.2 Å². The Bertz CT molecular complexity index is 1240. The highest BCUT2D eigenvalue weighted by Crippen LogP contribution is 2.30. The number of benzene rings is 2. The molecule has 30 heavy (non-hydrogen) atoms. The Morgan fingerprint density at radius 2 is 1.83 bits per heavy atom. The first kappa shape index (κ1) is 20.0. The fourth-order valence-electron chi connectivity index (χ4n) is 3.45. The smallest absolute Gasteiger partial charge is 0.263 e. The molecule has 1 amide bonds. The summed E-state index contributed by atoms with van der Waals surface area (Å²) in [5, 5.41) is 2.53. The lowest BCUT2D eigenvalue weighted by Gasteiger charge is -2.25. The summed E-state index contributed by atoms with van der Waals surface area (Å²) in [6.45, 7) is 3.97. The summed E-state index contributed by atoms with van der Waals surface area (Å²) in [6.07, 6.45) is 1.47. The van der Waals surface area contributed by atoms with E-state index in [1.165, 1.54) is 22.2 Å². The minimum absolute atomic E-state index is 0.0430. The van der Waals surface area contributed by atoms with Gasteiger partial charge in [0.05, 0.1) is 17.8 Å². The van der Waals surface area contributed by atoms with Crippen LogP contribution in [0, 0.1) is 6.92 Å². The second-order valence-electron chi connectivity index (χ2n) is 7.46. The van der Waals surface area contributed by atoms with Crippen LogP contribution in [0.2, 0.25) is 0 Å². The first-order chi connectivity index (χ1) is 14.5. The first-order valence-electron chi connectivity index (χ1n) is 9.80. The number of hydrogen-bond donors (Lipinski definition) is 0. The maximum atomic E-state index is 13.2. The molecule has 152 valence electrons. The fourth-order valence-corrected chi connectivity index (χ4v) is 4.36. The summed E-state index contributed by atoms with van der Waals surface area (Å²) in [6, 6.07) is 17.8. The molecular formula is C24H23N3O2S. The molecule has 1 atom stereocenters. The van der Waals surface area contributed by atoms with Gasteiger partial charge in [-0.25, -0.2) is 4.98 Å². The Morgan fingerprint density at radius 3 is 2.53 bits per heavy atom.